The molecule has 0 amide bonds. The summed E-state index contributed by atoms with van der Waals surface area (Å²) >= 11 is 3.49. The van der Waals surface area contributed by atoms with E-state index in [-0.39, 0.29) is 12.1 Å². The molecular formula is C17H18BrNO. The highest BCUT2D eigenvalue weighted by Crippen LogP contribution is 2.41. The number of halogens is 1. The molecule has 3 rings (SSSR count). The predicted molar refractivity (Wildman–Crippen MR) is 85.0 cm³/mol. The molecule has 1 aliphatic heterocycles. The lowest BCUT2D eigenvalue weighted by Gasteiger charge is -2.31. The van der Waals surface area contributed by atoms with Gasteiger partial charge in [0.2, 0.25) is 0 Å². The van der Waals surface area contributed by atoms with Crippen LogP contribution < -0.4 is 10.5 Å². The van der Waals surface area contributed by atoms with E-state index >= 15 is 0 Å². The van der Waals surface area contributed by atoms with Gasteiger partial charge >= 0.3 is 0 Å². The zero-order valence-corrected chi connectivity index (χ0v) is 13.3. The lowest BCUT2D eigenvalue weighted by Crippen LogP contribution is -2.24. The summed E-state index contributed by atoms with van der Waals surface area (Å²) in [7, 11) is 0. The molecule has 1 unspecified atom stereocenters. The van der Waals surface area contributed by atoms with Crippen LogP contribution in [0.25, 0.3) is 0 Å². The number of ether oxygens (including phenoxy) is 1. The lowest BCUT2D eigenvalue weighted by molar-refractivity contribution is 0.161. The minimum atomic E-state index is 0.0150. The number of hydrogen-bond acceptors (Lipinski definition) is 2. The van der Waals surface area contributed by atoms with Crippen molar-refractivity contribution in [3.8, 4) is 5.75 Å². The second-order valence-electron chi connectivity index (χ2n) is 5.49. The van der Waals surface area contributed by atoms with Crippen LogP contribution >= 0.6 is 15.9 Å². The summed E-state index contributed by atoms with van der Waals surface area (Å²) in [6.07, 6.45) is 0.854. The van der Waals surface area contributed by atoms with Gasteiger partial charge in [0.05, 0.1) is 0 Å². The number of hydrogen-bond donors (Lipinski definition) is 1. The Bertz CT molecular complexity index is 653. The minimum Gasteiger partial charge on any atom is -0.485 e. The maximum absolute atomic E-state index is 6.33. The lowest BCUT2D eigenvalue weighted by atomic mass is 9.91. The van der Waals surface area contributed by atoms with Crippen LogP contribution in [0.1, 0.15) is 40.8 Å². The van der Waals surface area contributed by atoms with Gasteiger partial charge in [0.25, 0.3) is 0 Å². The van der Waals surface area contributed by atoms with E-state index in [4.69, 9.17) is 10.5 Å². The molecule has 1 aliphatic rings. The number of fused-ring (bicyclic) bond motifs is 1. The van der Waals surface area contributed by atoms with E-state index in [1.54, 1.807) is 0 Å². The first-order chi connectivity index (χ1) is 9.54. The largest absolute Gasteiger partial charge is 0.485 e. The van der Waals surface area contributed by atoms with E-state index in [0.717, 1.165) is 22.2 Å². The van der Waals surface area contributed by atoms with Crippen molar-refractivity contribution in [2.45, 2.75) is 32.4 Å². The van der Waals surface area contributed by atoms with Crippen LogP contribution in [0.15, 0.2) is 40.9 Å². The highest BCUT2D eigenvalue weighted by atomic mass is 79.9. The number of nitrogens with two attached hydrogens (primary N) is 1. The second-order valence-corrected chi connectivity index (χ2v) is 6.41. The molecule has 20 heavy (non-hydrogen) atoms. The number of rotatable bonds is 1. The molecule has 1 heterocycles. The van der Waals surface area contributed by atoms with Crippen LogP contribution in [-0.2, 0) is 0 Å². The fraction of sp³-hybridized carbons (Fsp3) is 0.294. The molecule has 0 fully saturated rings. The van der Waals surface area contributed by atoms with Gasteiger partial charge < -0.3 is 10.5 Å². The van der Waals surface area contributed by atoms with Crippen LogP contribution in [-0.4, -0.2) is 0 Å². The van der Waals surface area contributed by atoms with E-state index in [1.807, 2.05) is 12.1 Å². The van der Waals surface area contributed by atoms with E-state index in [1.165, 1.54) is 16.7 Å². The highest BCUT2D eigenvalue weighted by molar-refractivity contribution is 9.10. The normalized spacial score (nSPS) is 21.2. The quantitative estimate of drug-likeness (QED) is 0.829. The SMILES string of the molecule is Cc1ccc(C)c(C2C[C@H](N)c3cc(Br)ccc3O2)c1. The van der Waals surface area contributed by atoms with Gasteiger partial charge in [0, 0.05) is 22.5 Å². The molecule has 0 aliphatic carbocycles. The predicted octanol–water partition coefficient (Wildman–Crippen LogP) is 4.59. The molecular weight excluding hydrogens is 314 g/mol. The Labute approximate surface area is 128 Å². The van der Waals surface area contributed by atoms with E-state index in [2.05, 4.69) is 54.0 Å². The standard InChI is InChI=1S/C17H18BrNO/c1-10-3-4-11(2)13(7-10)17-9-15(19)14-8-12(18)5-6-16(14)20-17/h3-8,15,17H,9,19H2,1-2H3/t15-,17?/m0/s1. The summed E-state index contributed by atoms with van der Waals surface area (Å²) in [6.45, 7) is 4.23. The number of benzene rings is 2. The average molecular weight is 332 g/mol. The van der Waals surface area contributed by atoms with Crippen molar-refractivity contribution in [3.63, 3.8) is 0 Å². The summed E-state index contributed by atoms with van der Waals surface area (Å²) in [5.74, 6) is 0.901. The summed E-state index contributed by atoms with van der Waals surface area (Å²) in [6, 6.07) is 12.5. The maximum Gasteiger partial charge on any atom is 0.126 e. The molecule has 0 radical (unpaired) electrons. The first-order valence-electron chi connectivity index (χ1n) is 6.83. The summed E-state index contributed by atoms with van der Waals surface area (Å²) in [4.78, 5) is 0. The summed E-state index contributed by atoms with van der Waals surface area (Å²) in [5, 5.41) is 0. The Balaban J connectivity index is 1.99. The molecule has 0 bridgehead atoms. The second kappa shape index (κ2) is 5.23. The van der Waals surface area contributed by atoms with Gasteiger partial charge in [-0.1, -0.05) is 39.7 Å². The topological polar surface area (TPSA) is 35.2 Å². The van der Waals surface area contributed by atoms with Crippen molar-refractivity contribution in [1.82, 2.24) is 0 Å². The molecule has 0 aromatic heterocycles. The Morgan fingerprint density at radius 3 is 2.70 bits per heavy atom. The van der Waals surface area contributed by atoms with Crippen LogP contribution in [0.2, 0.25) is 0 Å². The third kappa shape index (κ3) is 2.48. The smallest absolute Gasteiger partial charge is 0.126 e. The van der Waals surface area contributed by atoms with Crippen molar-refractivity contribution < 1.29 is 4.74 Å². The monoisotopic (exact) mass is 331 g/mol. The summed E-state index contributed by atoms with van der Waals surface area (Å²) in [5.41, 5.74) is 11.2. The fourth-order valence-corrected chi connectivity index (χ4v) is 3.15. The maximum atomic E-state index is 6.33. The minimum absolute atomic E-state index is 0.0150. The van der Waals surface area contributed by atoms with Crippen molar-refractivity contribution in [2.75, 3.05) is 0 Å². The summed E-state index contributed by atoms with van der Waals surface area (Å²) < 4.78 is 7.22. The Morgan fingerprint density at radius 1 is 1.10 bits per heavy atom. The van der Waals surface area contributed by atoms with E-state index < -0.39 is 0 Å². The van der Waals surface area contributed by atoms with Crippen molar-refractivity contribution >= 4 is 15.9 Å². The third-order valence-electron chi connectivity index (χ3n) is 3.89. The van der Waals surface area contributed by atoms with Crippen LogP contribution in [0.3, 0.4) is 0 Å². The van der Waals surface area contributed by atoms with Crippen LogP contribution in [0.4, 0.5) is 0 Å². The highest BCUT2D eigenvalue weighted by Gasteiger charge is 2.28. The Kier molecular flexibility index (Phi) is 3.57. The zero-order chi connectivity index (χ0) is 14.3. The Morgan fingerprint density at radius 2 is 1.90 bits per heavy atom. The van der Waals surface area contributed by atoms with Gasteiger partial charge in [-0.15, -0.1) is 0 Å². The van der Waals surface area contributed by atoms with Crippen LogP contribution in [0, 0.1) is 13.8 Å². The van der Waals surface area contributed by atoms with Crippen molar-refractivity contribution in [1.29, 1.82) is 0 Å². The van der Waals surface area contributed by atoms with Gasteiger partial charge in [-0.05, 0) is 43.2 Å². The van der Waals surface area contributed by atoms with Gasteiger partial charge in [-0.3, -0.25) is 0 Å². The average Bonchev–Trinajstić information content (AvgIpc) is 2.42. The van der Waals surface area contributed by atoms with Gasteiger partial charge in [0.15, 0.2) is 0 Å². The van der Waals surface area contributed by atoms with Gasteiger partial charge in [-0.2, -0.15) is 0 Å². The molecule has 0 saturated carbocycles. The van der Waals surface area contributed by atoms with Crippen LogP contribution in [0.5, 0.6) is 5.75 Å². The number of aryl methyl sites for hydroxylation is 2. The molecule has 2 aromatic carbocycles. The van der Waals surface area contributed by atoms with E-state index in [0.29, 0.717) is 0 Å². The first kappa shape index (κ1) is 13.7. The van der Waals surface area contributed by atoms with Gasteiger partial charge in [0.1, 0.15) is 11.9 Å². The molecule has 0 saturated heterocycles. The Hall–Kier alpha value is -1.32. The molecule has 2 aromatic rings. The fourth-order valence-electron chi connectivity index (χ4n) is 2.77. The third-order valence-corrected chi connectivity index (χ3v) is 4.38. The molecule has 2 nitrogen and oxygen atoms in total. The van der Waals surface area contributed by atoms with Gasteiger partial charge in [-0.25, -0.2) is 0 Å². The molecule has 2 N–H and O–H groups in total. The first-order valence-corrected chi connectivity index (χ1v) is 7.63. The molecule has 104 valence electrons. The van der Waals surface area contributed by atoms with Crippen molar-refractivity contribution in [3.05, 3.63) is 63.1 Å². The van der Waals surface area contributed by atoms with Crippen molar-refractivity contribution in [2.24, 2.45) is 5.73 Å². The molecule has 0 spiro atoms. The molecule has 2 atom stereocenters. The van der Waals surface area contributed by atoms with E-state index in [9.17, 15) is 0 Å². The molecule has 3 heteroatoms. The zero-order valence-electron chi connectivity index (χ0n) is 11.7.